The average Bonchev–Trinajstić information content (AvgIpc) is 2.43. The number of carboxylic acid groups (broad SMARTS) is 1. The van der Waals surface area contributed by atoms with E-state index in [1.165, 1.54) is 12.3 Å². The van der Waals surface area contributed by atoms with Gasteiger partial charge in [-0.15, -0.1) is 0 Å². The summed E-state index contributed by atoms with van der Waals surface area (Å²) in [6.07, 6.45) is 1.45. The van der Waals surface area contributed by atoms with E-state index in [9.17, 15) is 4.79 Å². The number of nitrogens with zero attached hydrogens (tertiary/aromatic N) is 1. The first kappa shape index (κ1) is 14.1. The molecule has 1 aromatic heterocycles. The molecule has 1 aromatic carbocycles. The summed E-state index contributed by atoms with van der Waals surface area (Å²) in [5.74, 6) is -0.459. The van der Waals surface area contributed by atoms with E-state index in [-0.39, 0.29) is 5.69 Å². The molecule has 20 heavy (non-hydrogen) atoms. The number of halogens is 1. The van der Waals surface area contributed by atoms with Gasteiger partial charge in [-0.05, 0) is 30.7 Å². The molecule has 5 nitrogen and oxygen atoms in total. The number of methoxy groups -OCH3 is 1. The number of ether oxygens (including phenoxy) is 1. The van der Waals surface area contributed by atoms with E-state index in [1.54, 1.807) is 19.2 Å². The first-order valence-electron chi connectivity index (χ1n) is 5.81. The fourth-order valence-corrected chi connectivity index (χ4v) is 1.83. The van der Waals surface area contributed by atoms with Crippen LogP contribution in [0.2, 0.25) is 5.02 Å². The SMILES string of the molecule is COc1cc(Cl)c(C)cc1Nc1ccc(C(=O)O)nc1. The number of benzene rings is 1. The van der Waals surface area contributed by atoms with Crippen molar-refractivity contribution in [3.05, 3.63) is 46.7 Å². The standard InChI is InChI=1S/C14H13ClN2O3/c1-8-5-12(13(20-2)6-10(8)15)17-9-3-4-11(14(18)19)16-7-9/h3-7,17H,1-2H3,(H,18,19). The highest BCUT2D eigenvalue weighted by molar-refractivity contribution is 6.31. The van der Waals surface area contributed by atoms with Gasteiger partial charge in [-0.25, -0.2) is 9.78 Å². The third-order valence-electron chi connectivity index (χ3n) is 2.74. The van der Waals surface area contributed by atoms with Gasteiger partial charge in [0.1, 0.15) is 11.4 Å². The molecule has 0 bridgehead atoms. The van der Waals surface area contributed by atoms with Gasteiger partial charge in [-0.3, -0.25) is 0 Å². The zero-order chi connectivity index (χ0) is 14.7. The number of nitrogens with one attached hydrogen (secondary N) is 1. The topological polar surface area (TPSA) is 71.5 Å². The maximum atomic E-state index is 10.7. The van der Waals surface area contributed by atoms with Crippen LogP contribution in [0, 0.1) is 6.92 Å². The quantitative estimate of drug-likeness (QED) is 0.902. The van der Waals surface area contributed by atoms with Crippen molar-refractivity contribution in [2.24, 2.45) is 0 Å². The lowest BCUT2D eigenvalue weighted by Gasteiger charge is -2.13. The minimum atomic E-state index is -1.06. The second-order valence-corrected chi connectivity index (χ2v) is 4.57. The summed E-state index contributed by atoms with van der Waals surface area (Å²) in [7, 11) is 1.55. The van der Waals surface area contributed by atoms with E-state index in [2.05, 4.69) is 10.3 Å². The van der Waals surface area contributed by atoms with Crippen LogP contribution < -0.4 is 10.1 Å². The summed E-state index contributed by atoms with van der Waals surface area (Å²) in [6.45, 7) is 1.89. The Hall–Kier alpha value is -2.27. The van der Waals surface area contributed by atoms with Crippen molar-refractivity contribution in [2.75, 3.05) is 12.4 Å². The Labute approximate surface area is 121 Å². The fourth-order valence-electron chi connectivity index (χ4n) is 1.68. The van der Waals surface area contributed by atoms with Crippen molar-refractivity contribution in [3.63, 3.8) is 0 Å². The molecule has 0 atom stereocenters. The highest BCUT2D eigenvalue weighted by atomic mass is 35.5. The van der Waals surface area contributed by atoms with Gasteiger partial charge in [0.2, 0.25) is 0 Å². The smallest absolute Gasteiger partial charge is 0.354 e. The molecule has 0 saturated carbocycles. The molecule has 0 aliphatic rings. The zero-order valence-corrected chi connectivity index (χ0v) is 11.7. The van der Waals surface area contributed by atoms with Gasteiger partial charge in [0.05, 0.1) is 24.7 Å². The molecule has 0 aliphatic carbocycles. The van der Waals surface area contributed by atoms with Crippen molar-refractivity contribution >= 4 is 28.9 Å². The number of hydrogen-bond donors (Lipinski definition) is 2. The molecular formula is C14H13ClN2O3. The van der Waals surface area contributed by atoms with Gasteiger partial charge in [0, 0.05) is 11.1 Å². The van der Waals surface area contributed by atoms with E-state index in [0.717, 1.165) is 11.3 Å². The summed E-state index contributed by atoms with van der Waals surface area (Å²) in [5, 5.41) is 12.5. The molecule has 0 spiro atoms. The summed E-state index contributed by atoms with van der Waals surface area (Å²) in [4.78, 5) is 14.6. The maximum absolute atomic E-state index is 10.7. The Kier molecular flexibility index (Phi) is 4.10. The highest BCUT2D eigenvalue weighted by Gasteiger charge is 2.08. The lowest BCUT2D eigenvalue weighted by atomic mass is 10.2. The van der Waals surface area contributed by atoms with E-state index >= 15 is 0 Å². The van der Waals surface area contributed by atoms with Crippen LogP contribution >= 0.6 is 11.6 Å². The molecule has 0 unspecified atom stereocenters. The Morgan fingerprint density at radius 2 is 2.15 bits per heavy atom. The van der Waals surface area contributed by atoms with Gasteiger partial charge in [-0.1, -0.05) is 11.6 Å². The highest BCUT2D eigenvalue weighted by Crippen LogP contribution is 2.32. The van der Waals surface area contributed by atoms with Crippen LogP contribution in [-0.2, 0) is 0 Å². The molecule has 0 saturated heterocycles. The Balaban J connectivity index is 2.29. The molecule has 0 fully saturated rings. The van der Waals surface area contributed by atoms with Crippen molar-refractivity contribution < 1.29 is 14.6 Å². The maximum Gasteiger partial charge on any atom is 0.354 e. The monoisotopic (exact) mass is 292 g/mol. The van der Waals surface area contributed by atoms with Crippen molar-refractivity contribution in [2.45, 2.75) is 6.92 Å². The number of carbonyl (C=O) groups is 1. The van der Waals surface area contributed by atoms with E-state index in [4.69, 9.17) is 21.4 Å². The number of pyridine rings is 1. The van der Waals surface area contributed by atoms with Crippen molar-refractivity contribution in [1.29, 1.82) is 0 Å². The molecule has 1 heterocycles. The van der Waals surface area contributed by atoms with Crippen LogP contribution in [0.3, 0.4) is 0 Å². The third-order valence-corrected chi connectivity index (χ3v) is 3.15. The largest absolute Gasteiger partial charge is 0.495 e. The summed E-state index contributed by atoms with van der Waals surface area (Å²) >= 11 is 6.04. The normalized spacial score (nSPS) is 10.2. The minimum Gasteiger partial charge on any atom is -0.495 e. The van der Waals surface area contributed by atoms with Crippen LogP contribution in [0.15, 0.2) is 30.5 Å². The Morgan fingerprint density at radius 1 is 1.40 bits per heavy atom. The molecule has 0 amide bonds. The molecule has 104 valence electrons. The first-order valence-corrected chi connectivity index (χ1v) is 6.19. The van der Waals surface area contributed by atoms with Crippen LogP contribution in [-0.4, -0.2) is 23.2 Å². The van der Waals surface area contributed by atoms with Crippen molar-refractivity contribution in [3.8, 4) is 5.75 Å². The number of aromatic nitrogens is 1. The average molecular weight is 293 g/mol. The van der Waals surface area contributed by atoms with Gasteiger partial charge < -0.3 is 15.2 Å². The molecule has 2 aromatic rings. The minimum absolute atomic E-state index is 0.00481. The molecule has 2 N–H and O–H groups in total. The number of rotatable bonds is 4. The lowest BCUT2D eigenvalue weighted by Crippen LogP contribution is -2.01. The summed E-state index contributed by atoms with van der Waals surface area (Å²) in [6, 6.07) is 6.64. The first-order chi connectivity index (χ1) is 9.51. The number of aryl methyl sites for hydroxylation is 1. The zero-order valence-electron chi connectivity index (χ0n) is 11.0. The van der Waals surface area contributed by atoms with Crippen LogP contribution in [0.5, 0.6) is 5.75 Å². The van der Waals surface area contributed by atoms with E-state index < -0.39 is 5.97 Å². The lowest BCUT2D eigenvalue weighted by molar-refractivity contribution is 0.0690. The van der Waals surface area contributed by atoms with E-state index in [1.807, 2.05) is 13.0 Å². The summed E-state index contributed by atoms with van der Waals surface area (Å²) < 4.78 is 5.25. The molecule has 6 heteroatoms. The summed E-state index contributed by atoms with van der Waals surface area (Å²) in [5.41, 5.74) is 2.30. The Bertz CT molecular complexity index is 642. The molecule has 2 rings (SSSR count). The number of aromatic carboxylic acids is 1. The van der Waals surface area contributed by atoms with Crippen LogP contribution in [0.4, 0.5) is 11.4 Å². The van der Waals surface area contributed by atoms with Crippen LogP contribution in [0.25, 0.3) is 0 Å². The van der Waals surface area contributed by atoms with Gasteiger partial charge in [-0.2, -0.15) is 0 Å². The third kappa shape index (κ3) is 3.00. The molecule has 0 aliphatic heterocycles. The Morgan fingerprint density at radius 3 is 2.70 bits per heavy atom. The predicted octanol–water partition coefficient (Wildman–Crippen LogP) is 3.49. The number of anilines is 2. The fraction of sp³-hybridized carbons (Fsp3) is 0.143. The predicted molar refractivity (Wildman–Crippen MR) is 77.2 cm³/mol. The van der Waals surface area contributed by atoms with Gasteiger partial charge >= 0.3 is 5.97 Å². The van der Waals surface area contributed by atoms with Gasteiger partial charge in [0.25, 0.3) is 0 Å². The molecular weight excluding hydrogens is 280 g/mol. The second kappa shape index (κ2) is 5.79. The van der Waals surface area contributed by atoms with Crippen LogP contribution in [0.1, 0.15) is 16.1 Å². The number of carboxylic acids is 1. The van der Waals surface area contributed by atoms with Crippen molar-refractivity contribution in [1.82, 2.24) is 4.98 Å². The molecule has 0 radical (unpaired) electrons. The number of hydrogen-bond acceptors (Lipinski definition) is 4. The van der Waals surface area contributed by atoms with Gasteiger partial charge in [0.15, 0.2) is 0 Å². The van der Waals surface area contributed by atoms with E-state index in [0.29, 0.717) is 16.5 Å². The second-order valence-electron chi connectivity index (χ2n) is 4.16.